The minimum atomic E-state index is 0.427. The number of hydrogen-bond acceptors (Lipinski definition) is 2. The van der Waals surface area contributed by atoms with Crippen molar-refractivity contribution in [3.63, 3.8) is 0 Å². The van der Waals surface area contributed by atoms with Gasteiger partial charge in [0, 0.05) is 22.5 Å². The first-order valence-corrected chi connectivity index (χ1v) is 13.0. The molecule has 0 radical (unpaired) electrons. The van der Waals surface area contributed by atoms with Crippen molar-refractivity contribution >= 4 is 39.4 Å². The topological polar surface area (TPSA) is 41.1 Å². The number of aliphatic imine (C=N–C) groups is 1. The van der Waals surface area contributed by atoms with Gasteiger partial charge in [-0.05, 0) is 58.9 Å². The van der Waals surface area contributed by atoms with E-state index in [1.54, 1.807) is 12.3 Å². The maximum atomic E-state index is 8.61. The molecule has 0 amide bonds. The normalized spacial score (nSPS) is 15.6. The van der Waals surface area contributed by atoms with Crippen LogP contribution in [0.2, 0.25) is 0 Å². The van der Waals surface area contributed by atoms with Gasteiger partial charge in [-0.25, -0.2) is 4.99 Å². The number of aromatic nitrogens is 1. The summed E-state index contributed by atoms with van der Waals surface area (Å²) in [6.07, 6.45) is 13.0. The van der Waals surface area contributed by atoms with E-state index in [1.807, 2.05) is 30.6 Å². The summed E-state index contributed by atoms with van der Waals surface area (Å²) in [5, 5.41) is 11.0. The van der Waals surface area contributed by atoms with E-state index in [9.17, 15) is 0 Å². The summed E-state index contributed by atoms with van der Waals surface area (Å²) in [6, 6.07) is 33.6. The molecular weight excluding hydrogens is 462 g/mol. The monoisotopic (exact) mass is 491 g/mol. The Labute approximate surface area is 223 Å². The molecule has 0 saturated heterocycles. The highest BCUT2D eigenvalue weighted by atomic mass is 15.0. The highest BCUT2D eigenvalue weighted by Crippen LogP contribution is 2.30. The van der Waals surface area contributed by atoms with E-state index in [2.05, 4.69) is 108 Å². The summed E-state index contributed by atoms with van der Waals surface area (Å²) in [6.45, 7) is 2.25. The van der Waals surface area contributed by atoms with E-state index in [4.69, 9.17) is 5.41 Å². The Kier molecular flexibility index (Phi) is 6.41. The van der Waals surface area contributed by atoms with E-state index < -0.39 is 0 Å². The van der Waals surface area contributed by atoms with Gasteiger partial charge in [0.2, 0.25) is 0 Å². The Morgan fingerprint density at radius 3 is 2.21 bits per heavy atom. The predicted molar refractivity (Wildman–Crippen MR) is 162 cm³/mol. The number of nitrogens with zero attached hydrogens (tertiary/aromatic N) is 2. The molecule has 4 aromatic carbocycles. The summed E-state index contributed by atoms with van der Waals surface area (Å²) in [7, 11) is 0. The van der Waals surface area contributed by atoms with E-state index in [0.29, 0.717) is 11.6 Å². The summed E-state index contributed by atoms with van der Waals surface area (Å²) >= 11 is 0. The average Bonchev–Trinajstić information content (AvgIpc) is 3.29. The Hall–Kier alpha value is -4.76. The second kappa shape index (κ2) is 10.3. The van der Waals surface area contributed by atoms with Gasteiger partial charge in [-0.15, -0.1) is 0 Å². The van der Waals surface area contributed by atoms with Crippen molar-refractivity contribution < 1.29 is 0 Å². The van der Waals surface area contributed by atoms with Crippen molar-refractivity contribution in [2.45, 2.75) is 13.3 Å². The molecule has 0 saturated carbocycles. The van der Waals surface area contributed by atoms with Crippen LogP contribution in [0.4, 0.5) is 0 Å². The fourth-order valence-electron chi connectivity index (χ4n) is 5.20. The van der Waals surface area contributed by atoms with Crippen LogP contribution in [0.3, 0.4) is 0 Å². The van der Waals surface area contributed by atoms with Gasteiger partial charge in [0.1, 0.15) is 0 Å². The van der Waals surface area contributed by atoms with Crippen molar-refractivity contribution in [2.24, 2.45) is 10.9 Å². The summed E-state index contributed by atoms with van der Waals surface area (Å²) in [4.78, 5) is 4.53. The van der Waals surface area contributed by atoms with Gasteiger partial charge in [0.25, 0.3) is 0 Å². The molecule has 38 heavy (non-hydrogen) atoms. The van der Waals surface area contributed by atoms with Crippen LogP contribution in [0.25, 0.3) is 38.5 Å². The zero-order valence-electron chi connectivity index (χ0n) is 21.4. The maximum absolute atomic E-state index is 8.61. The van der Waals surface area contributed by atoms with Gasteiger partial charge in [-0.3, -0.25) is 4.57 Å². The van der Waals surface area contributed by atoms with Gasteiger partial charge in [-0.2, -0.15) is 0 Å². The first kappa shape index (κ1) is 23.6. The van der Waals surface area contributed by atoms with Gasteiger partial charge in [0.15, 0.2) is 0 Å². The minimum Gasteiger partial charge on any atom is -0.300 e. The molecule has 1 atom stereocenters. The van der Waals surface area contributed by atoms with Gasteiger partial charge < -0.3 is 5.41 Å². The predicted octanol–water partition coefficient (Wildman–Crippen LogP) is 8.90. The van der Waals surface area contributed by atoms with Gasteiger partial charge in [-0.1, -0.05) is 104 Å². The molecule has 184 valence electrons. The average molecular weight is 492 g/mol. The quantitative estimate of drug-likeness (QED) is 0.182. The molecule has 0 fully saturated rings. The lowest BCUT2D eigenvalue weighted by Crippen LogP contribution is -1.97. The zero-order valence-corrected chi connectivity index (χ0v) is 21.4. The van der Waals surface area contributed by atoms with Crippen molar-refractivity contribution in [3.8, 4) is 11.1 Å². The molecule has 0 bridgehead atoms. The van der Waals surface area contributed by atoms with Crippen molar-refractivity contribution in [3.05, 3.63) is 139 Å². The number of hydrogen-bond donors (Lipinski definition) is 1. The summed E-state index contributed by atoms with van der Waals surface area (Å²) in [5.41, 5.74) is 8.44. The number of benzene rings is 4. The van der Waals surface area contributed by atoms with Gasteiger partial charge in [0.05, 0.1) is 23.1 Å². The molecule has 1 heterocycles. The molecular formula is C35H29N3. The third-order valence-corrected chi connectivity index (χ3v) is 7.17. The molecule has 3 nitrogen and oxygen atoms in total. The molecule has 1 aliphatic rings. The SMILES string of the molecule is CC1C=CC=C(c2ccc(-c3cccc(C(=N)/C=C\N=Cn4c5ccccc5c5ccccc54)c3)cc2)C1. The van der Waals surface area contributed by atoms with E-state index in [-0.39, 0.29) is 0 Å². The molecule has 6 rings (SSSR count). The van der Waals surface area contributed by atoms with Crippen LogP contribution in [0.5, 0.6) is 0 Å². The zero-order chi connectivity index (χ0) is 25.9. The standard InChI is InChI=1S/C35H29N3/c1-25-8-6-9-28(22-25)26-16-18-27(19-17-26)29-10-7-11-30(23-29)33(36)20-21-37-24-38-34-14-4-2-12-31(34)32-13-3-5-15-35(32)38/h2-21,23-25,36H,22H2,1H3/b21-20-,36-33?,37-24?. The van der Waals surface area contributed by atoms with Crippen LogP contribution in [0, 0.1) is 11.3 Å². The molecule has 1 aliphatic carbocycles. The van der Waals surface area contributed by atoms with Crippen molar-refractivity contribution in [1.29, 1.82) is 5.41 Å². The molecule has 1 N–H and O–H groups in total. The Balaban J connectivity index is 1.19. The van der Waals surface area contributed by atoms with E-state index in [0.717, 1.165) is 34.1 Å². The smallest absolute Gasteiger partial charge is 0.0995 e. The maximum Gasteiger partial charge on any atom is 0.0995 e. The van der Waals surface area contributed by atoms with Crippen LogP contribution in [-0.4, -0.2) is 16.6 Å². The number of allylic oxidation sites excluding steroid dienone is 5. The number of nitrogens with one attached hydrogen (secondary N) is 1. The van der Waals surface area contributed by atoms with Crippen LogP contribution in [0.1, 0.15) is 24.5 Å². The minimum absolute atomic E-state index is 0.427. The highest BCUT2D eigenvalue weighted by Gasteiger charge is 2.10. The van der Waals surface area contributed by atoms with Gasteiger partial charge >= 0.3 is 0 Å². The molecule has 5 aromatic rings. The third-order valence-electron chi connectivity index (χ3n) is 7.17. The fourth-order valence-corrected chi connectivity index (χ4v) is 5.20. The Morgan fingerprint density at radius 1 is 0.816 bits per heavy atom. The fraction of sp³-hybridized carbons (Fsp3) is 0.0857. The first-order chi connectivity index (χ1) is 18.7. The van der Waals surface area contributed by atoms with E-state index >= 15 is 0 Å². The Morgan fingerprint density at radius 2 is 1.50 bits per heavy atom. The molecule has 1 unspecified atom stereocenters. The lowest BCUT2D eigenvalue weighted by atomic mass is 9.90. The van der Waals surface area contributed by atoms with Crippen molar-refractivity contribution in [2.75, 3.05) is 0 Å². The van der Waals surface area contributed by atoms with Crippen LogP contribution in [0.15, 0.2) is 133 Å². The molecule has 0 spiro atoms. The number of para-hydroxylation sites is 2. The second-order valence-corrected chi connectivity index (χ2v) is 9.81. The van der Waals surface area contributed by atoms with Crippen LogP contribution < -0.4 is 0 Å². The second-order valence-electron chi connectivity index (χ2n) is 9.81. The van der Waals surface area contributed by atoms with E-state index in [1.165, 1.54) is 21.9 Å². The lowest BCUT2D eigenvalue weighted by molar-refractivity contribution is 0.749. The third kappa shape index (κ3) is 4.67. The number of fused-ring (bicyclic) bond motifs is 3. The van der Waals surface area contributed by atoms with Crippen LogP contribution >= 0.6 is 0 Å². The summed E-state index contributed by atoms with van der Waals surface area (Å²) < 4.78 is 2.10. The number of rotatable bonds is 6. The lowest BCUT2D eigenvalue weighted by Gasteiger charge is -2.15. The Bertz CT molecular complexity index is 1710. The highest BCUT2D eigenvalue weighted by molar-refractivity contribution is 6.11. The summed E-state index contributed by atoms with van der Waals surface area (Å²) in [5.74, 6) is 0.580. The molecule has 0 aliphatic heterocycles. The molecule has 1 aromatic heterocycles. The largest absolute Gasteiger partial charge is 0.300 e. The first-order valence-electron chi connectivity index (χ1n) is 13.0. The van der Waals surface area contributed by atoms with Crippen LogP contribution in [-0.2, 0) is 0 Å². The molecule has 3 heteroatoms. The van der Waals surface area contributed by atoms with Crippen molar-refractivity contribution in [1.82, 2.24) is 4.57 Å².